The van der Waals surface area contributed by atoms with Gasteiger partial charge in [-0.25, -0.2) is 0 Å². The molecule has 0 radical (unpaired) electrons. The Hall–Kier alpha value is -1.08. The lowest BCUT2D eigenvalue weighted by atomic mass is 9.98. The monoisotopic (exact) mass is 502 g/mol. The summed E-state index contributed by atoms with van der Waals surface area (Å²) in [5, 5.41) is 0. The van der Waals surface area contributed by atoms with Gasteiger partial charge < -0.3 is 4.90 Å². The second-order valence-electron chi connectivity index (χ2n) is 11.0. The molecule has 1 fully saturated rings. The number of allylic oxidation sites excluding steroid dienone is 1. The van der Waals surface area contributed by atoms with E-state index < -0.39 is 0 Å². The molecule has 0 N–H and O–H groups in total. The molecule has 2 atom stereocenters. The highest BCUT2D eigenvalue weighted by atomic mass is 15.1. The molecule has 1 aromatic carbocycles. The molecule has 2 rings (SSSR count). The van der Waals surface area contributed by atoms with E-state index in [2.05, 4.69) is 84.2 Å². The van der Waals surface area contributed by atoms with Crippen LogP contribution in [-0.4, -0.2) is 24.5 Å². The minimum atomic E-state index is 0.765. The van der Waals surface area contributed by atoms with Gasteiger partial charge in [0.15, 0.2) is 0 Å². The van der Waals surface area contributed by atoms with Crippen molar-refractivity contribution in [1.29, 1.82) is 0 Å². The zero-order valence-corrected chi connectivity index (χ0v) is 26.4. The molecule has 1 saturated heterocycles. The van der Waals surface area contributed by atoms with Crippen LogP contribution < -0.4 is 0 Å². The highest BCUT2D eigenvalue weighted by Crippen LogP contribution is 2.18. The van der Waals surface area contributed by atoms with Crippen LogP contribution in [0.5, 0.6) is 0 Å². The van der Waals surface area contributed by atoms with Crippen molar-refractivity contribution in [1.82, 2.24) is 4.90 Å². The summed E-state index contributed by atoms with van der Waals surface area (Å²) in [5.41, 5.74) is 4.34. The van der Waals surface area contributed by atoms with Gasteiger partial charge in [-0.15, -0.1) is 6.58 Å². The lowest BCUT2D eigenvalue weighted by molar-refractivity contribution is 0.279. The van der Waals surface area contributed by atoms with Crippen LogP contribution in [0.1, 0.15) is 144 Å². The van der Waals surface area contributed by atoms with E-state index in [0.29, 0.717) is 0 Å². The van der Waals surface area contributed by atoms with Crippen LogP contribution in [0.25, 0.3) is 0 Å². The number of likely N-dealkylation sites (tertiary alicyclic amines) is 1. The molecule has 0 saturated carbocycles. The molecule has 1 aliphatic rings. The van der Waals surface area contributed by atoms with Gasteiger partial charge >= 0.3 is 0 Å². The molecule has 0 aliphatic carbocycles. The molecule has 0 spiro atoms. The molecule has 0 aromatic heterocycles. The number of hydrogen-bond acceptors (Lipinski definition) is 1. The second kappa shape index (κ2) is 27.0. The van der Waals surface area contributed by atoms with Crippen LogP contribution in [-0.2, 0) is 12.8 Å². The zero-order chi connectivity index (χ0) is 27.6. The van der Waals surface area contributed by atoms with Crippen LogP contribution in [0.15, 0.2) is 36.4 Å². The van der Waals surface area contributed by atoms with Crippen molar-refractivity contribution < 1.29 is 0 Å². The quantitative estimate of drug-likeness (QED) is 0.181. The summed E-state index contributed by atoms with van der Waals surface area (Å²) >= 11 is 0. The predicted molar refractivity (Wildman–Crippen MR) is 168 cm³/mol. The molecule has 0 bridgehead atoms. The fourth-order valence-corrected chi connectivity index (χ4v) is 4.37. The fourth-order valence-electron chi connectivity index (χ4n) is 4.37. The van der Waals surface area contributed by atoms with Crippen molar-refractivity contribution in [2.45, 2.75) is 146 Å². The van der Waals surface area contributed by atoms with Gasteiger partial charge in [0, 0.05) is 13.1 Å². The summed E-state index contributed by atoms with van der Waals surface area (Å²) in [4.78, 5) is 2.65. The minimum Gasteiger partial charge on any atom is -0.303 e. The average Bonchev–Trinajstić information content (AvgIpc) is 3.29. The third-order valence-corrected chi connectivity index (χ3v) is 6.71. The number of benzene rings is 1. The molecule has 1 unspecified atom stereocenters. The Morgan fingerprint density at radius 3 is 1.89 bits per heavy atom. The first-order valence-corrected chi connectivity index (χ1v) is 15.8. The van der Waals surface area contributed by atoms with E-state index in [-0.39, 0.29) is 0 Å². The molecular weight excluding hydrogens is 434 g/mol. The number of rotatable bonds is 14. The minimum absolute atomic E-state index is 0.765. The Morgan fingerprint density at radius 2 is 1.42 bits per heavy atom. The molecule has 1 heterocycles. The molecule has 1 aliphatic heterocycles. The van der Waals surface area contributed by atoms with Crippen molar-refractivity contribution in [3.8, 4) is 0 Å². The van der Waals surface area contributed by atoms with E-state index in [1.54, 1.807) is 0 Å². The van der Waals surface area contributed by atoms with Gasteiger partial charge in [-0.1, -0.05) is 130 Å². The van der Waals surface area contributed by atoms with Gasteiger partial charge in [-0.05, 0) is 75.0 Å². The van der Waals surface area contributed by atoms with E-state index in [1.807, 2.05) is 13.8 Å². The van der Waals surface area contributed by atoms with Crippen LogP contribution in [0.2, 0.25) is 0 Å². The first kappa shape index (κ1) is 37.1. The molecule has 1 nitrogen and oxygen atoms in total. The van der Waals surface area contributed by atoms with Gasteiger partial charge in [-0.2, -0.15) is 0 Å². The third-order valence-electron chi connectivity index (χ3n) is 6.71. The third kappa shape index (κ3) is 23.3. The van der Waals surface area contributed by atoms with Gasteiger partial charge in [0.05, 0.1) is 0 Å². The number of hydrogen-bond donors (Lipinski definition) is 0. The van der Waals surface area contributed by atoms with Crippen molar-refractivity contribution in [3.05, 3.63) is 47.5 Å². The lowest BCUT2D eigenvalue weighted by Gasteiger charge is -2.20. The molecule has 0 amide bonds. The summed E-state index contributed by atoms with van der Waals surface area (Å²) in [6, 6.07) is 9.39. The Kier molecular flexibility index (Phi) is 27.8. The van der Waals surface area contributed by atoms with Crippen LogP contribution in [0, 0.1) is 11.8 Å². The summed E-state index contributed by atoms with van der Waals surface area (Å²) in [7, 11) is 0. The van der Waals surface area contributed by atoms with E-state index in [9.17, 15) is 0 Å². The highest BCUT2D eigenvalue weighted by molar-refractivity contribution is 5.23. The van der Waals surface area contributed by atoms with Crippen LogP contribution in [0.3, 0.4) is 0 Å². The van der Waals surface area contributed by atoms with Crippen molar-refractivity contribution >= 4 is 0 Å². The zero-order valence-electron chi connectivity index (χ0n) is 26.4. The summed E-state index contributed by atoms with van der Waals surface area (Å²) < 4.78 is 0. The molecule has 1 aromatic rings. The smallest absolute Gasteiger partial charge is 0.00103 e. The largest absolute Gasteiger partial charge is 0.303 e. The Morgan fingerprint density at radius 1 is 0.861 bits per heavy atom. The maximum Gasteiger partial charge on any atom is 0.00103 e. The number of unbranched alkanes of at least 4 members (excludes halogenated alkanes) is 6. The van der Waals surface area contributed by atoms with Crippen molar-refractivity contribution in [3.63, 3.8) is 0 Å². The summed E-state index contributed by atoms with van der Waals surface area (Å²) in [5.74, 6) is 1.67. The standard InChI is InChI=1S/C20H33N.C9H18.C4H10.C2H6/c1-4-5-6-7-19-8-10-20(11-9-19)14-18(3)16-21-13-12-17(2)15-21;1-4-5-6-7-8-9(2)3;1-3-4-2;1-2/h8-11,17-18H,4-7,12-16H2,1-3H3;2,4-8H2,1,3H3;3-4H2,1-2H3;1-2H3/t17?,18-;;;/m0.../s1. The Balaban J connectivity index is 0. The highest BCUT2D eigenvalue weighted by Gasteiger charge is 2.20. The second-order valence-corrected chi connectivity index (χ2v) is 11.0. The fraction of sp³-hybridized carbons (Fsp3) is 0.771. The van der Waals surface area contributed by atoms with Crippen LogP contribution in [0.4, 0.5) is 0 Å². The molecule has 212 valence electrons. The first-order chi connectivity index (χ1) is 17.4. The maximum atomic E-state index is 3.85. The Bertz CT molecular complexity index is 571. The van der Waals surface area contributed by atoms with E-state index in [4.69, 9.17) is 0 Å². The van der Waals surface area contributed by atoms with E-state index >= 15 is 0 Å². The van der Waals surface area contributed by atoms with Crippen molar-refractivity contribution in [2.24, 2.45) is 11.8 Å². The molecule has 36 heavy (non-hydrogen) atoms. The molecular formula is C35H67N. The SMILES string of the molecule is C=C(C)CCCCCC.CC.CCCC.CCCCCc1ccc(C[C@H](C)CN2CCC(C)C2)cc1. The van der Waals surface area contributed by atoms with Gasteiger partial charge in [-0.3, -0.25) is 0 Å². The predicted octanol–water partition coefficient (Wildman–Crippen LogP) is 11.3. The summed E-state index contributed by atoms with van der Waals surface area (Å²) in [6.45, 7) is 27.5. The van der Waals surface area contributed by atoms with E-state index in [0.717, 1.165) is 11.8 Å². The number of aryl methyl sites for hydroxylation is 1. The number of nitrogens with zero attached hydrogens (tertiary/aromatic N) is 1. The van der Waals surface area contributed by atoms with Gasteiger partial charge in [0.25, 0.3) is 0 Å². The van der Waals surface area contributed by atoms with Crippen molar-refractivity contribution in [2.75, 3.05) is 19.6 Å². The normalized spacial score (nSPS) is 15.5. The van der Waals surface area contributed by atoms with Gasteiger partial charge in [0.2, 0.25) is 0 Å². The topological polar surface area (TPSA) is 3.24 Å². The maximum absolute atomic E-state index is 3.85. The van der Waals surface area contributed by atoms with E-state index in [1.165, 1.54) is 120 Å². The molecule has 1 heteroatoms. The lowest BCUT2D eigenvalue weighted by Crippen LogP contribution is -2.27. The van der Waals surface area contributed by atoms with Crippen LogP contribution >= 0.6 is 0 Å². The Labute approximate surface area is 229 Å². The average molecular weight is 502 g/mol. The van der Waals surface area contributed by atoms with Gasteiger partial charge in [0.1, 0.15) is 0 Å². The summed E-state index contributed by atoms with van der Waals surface area (Å²) in [6.07, 6.45) is 17.1. The first-order valence-electron chi connectivity index (χ1n) is 15.8.